The summed E-state index contributed by atoms with van der Waals surface area (Å²) in [6, 6.07) is 10.9. The number of hydrogen-bond acceptors (Lipinski definition) is 0. The molecule has 0 nitrogen and oxygen atoms in total. The molecule has 0 aliphatic rings. The van der Waals surface area contributed by atoms with Gasteiger partial charge in [-0.25, -0.2) is 8.78 Å². The van der Waals surface area contributed by atoms with Gasteiger partial charge in [0.25, 0.3) is 0 Å². The van der Waals surface area contributed by atoms with E-state index >= 15 is 0 Å². The molecule has 0 fully saturated rings. The van der Waals surface area contributed by atoms with Crippen molar-refractivity contribution in [1.82, 2.24) is 0 Å². The molecule has 0 heterocycles. The number of hydrogen-bond donors (Lipinski definition) is 0. The van der Waals surface area contributed by atoms with Crippen molar-refractivity contribution in [2.45, 2.75) is 0 Å². The van der Waals surface area contributed by atoms with Crippen molar-refractivity contribution in [3.8, 4) is 23.5 Å². The summed E-state index contributed by atoms with van der Waals surface area (Å²) in [7, 11) is 0. The fourth-order valence-corrected chi connectivity index (χ4v) is 1.52. The summed E-state index contributed by atoms with van der Waals surface area (Å²) < 4.78 is 27.0. The normalized spacial score (nSPS) is 9.81. The number of rotatable bonds is 1. The van der Waals surface area contributed by atoms with Crippen LogP contribution in [-0.2, 0) is 0 Å². The Labute approximate surface area is 92.5 Å². The zero-order valence-corrected chi connectivity index (χ0v) is 8.37. The zero-order valence-electron chi connectivity index (χ0n) is 8.37. The van der Waals surface area contributed by atoms with Crippen molar-refractivity contribution >= 4 is 0 Å². The van der Waals surface area contributed by atoms with Crippen LogP contribution in [0.1, 0.15) is 5.56 Å². The molecular weight excluding hydrogens is 206 g/mol. The summed E-state index contributed by atoms with van der Waals surface area (Å²) in [6.07, 6.45) is 5.11. The van der Waals surface area contributed by atoms with Crippen LogP contribution < -0.4 is 0 Å². The summed E-state index contributed by atoms with van der Waals surface area (Å²) in [4.78, 5) is 0. The first-order valence-electron chi connectivity index (χ1n) is 4.73. The van der Waals surface area contributed by atoms with E-state index in [0.29, 0.717) is 5.56 Å². The van der Waals surface area contributed by atoms with E-state index in [0.717, 1.165) is 12.1 Å². The van der Waals surface area contributed by atoms with Crippen LogP contribution in [0.4, 0.5) is 8.78 Å². The van der Waals surface area contributed by atoms with Crippen LogP contribution in [0.2, 0.25) is 0 Å². The predicted molar refractivity (Wildman–Crippen MR) is 59.7 cm³/mol. The fraction of sp³-hybridized carbons (Fsp3) is 0. The number of terminal acetylenes is 1. The first-order chi connectivity index (χ1) is 7.72. The lowest BCUT2D eigenvalue weighted by Crippen LogP contribution is -1.91. The topological polar surface area (TPSA) is 0 Å². The third-order valence-electron chi connectivity index (χ3n) is 2.28. The van der Waals surface area contributed by atoms with Gasteiger partial charge in [0.15, 0.2) is 0 Å². The highest BCUT2D eigenvalue weighted by molar-refractivity contribution is 5.66. The van der Waals surface area contributed by atoms with Gasteiger partial charge in [-0.2, -0.15) is 0 Å². The van der Waals surface area contributed by atoms with Gasteiger partial charge in [-0.1, -0.05) is 36.3 Å². The monoisotopic (exact) mass is 214 g/mol. The van der Waals surface area contributed by atoms with E-state index in [1.165, 1.54) is 0 Å². The molecule has 0 saturated heterocycles. The molecule has 16 heavy (non-hydrogen) atoms. The molecule has 2 aromatic carbocycles. The van der Waals surface area contributed by atoms with E-state index in [-0.39, 0.29) is 11.1 Å². The molecule has 0 aliphatic carbocycles. The van der Waals surface area contributed by atoms with E-state index in [1.807, 2.05) is 6.07 Å². The van der Waals surface area contributed by atoms with E-state index in [2.05, 4.69) is 5.92 Å². The average molecular weight is 214 g/mol. The van der Waals surface area contributed by atoms with Gasteiger partial charge in [0.2, 0.25) is 0 Å². The molecule has 0 atom stereocenters. The molecule has 0 aliphatic heterocycles. The van der Waals surface area contributed by atoms with Crippen LogP contribution in [0.15, 0.2) is 42.5 Å². The van der Waals surface area contributed by atoms with Crippen molar-refractivity contribution < 1.29 is 8.78 Å². The maximum atomic E-state index is 13.8. The van der Waals surface area contributed by atoms with Gasteiger partial charge in [0.05, 0.1) is 5.56 Å². The molecule has 2 heteroatoms. The predicted octanol–water partition coefficient (Wildman–Crippen LogP) is 3.61. The highest BCUT2D eigenvalue weighted by atomic mass is 19.1. The van der Waals surface area contributed by atoms with E-state index in [1.54, 1.807) is 24.3 Å². The standard InChI is InChI=1S/C14H8F2/c1-2-10-8-12(15)9-13(14(10)16)11-6-4-3-5-7-11/h1,3-9H. The lowest BCUT2D eigenvalue weighted by Gasteiger charge is -2.05. The number of halogens is 2. The molecular formula is C14H8F2. The summed E-state index contributed by atoms with van der Waals surface area (Å²) in [5.41, 5.74) is 0.739. The van der Waals surface area contributed by atoms with Gasteiger partial charge >= 0.3 is 0 Å². The van der Waals surface area contributed by atoms with Crippen LogP contribution in [0.25, 0.3) is 11.1 Å². The molecule has 0 saturated carbocycles. The van der Waals surface area contributed by atoms with Crippen LogP contribution in [0, 0.1) is 24.0 Å². The minimum absolute atomic E-state index is 0.0566. The maximum Gasteiger partial charge on any atom is 0.146 e. The molecule has 0 aromatic heterocycles. The Morgan fingerprint density at radius 1 is 1.00 bits per heavy atom. The Kier molecular flexibility index (Phi) is 2.70. The van der Waals surface area contributed by atoms with Gasteiger partial charge in [0.1, 0.15) is 11.6 Å². The highest BCUT2D eigenvalue weighted by Gasteiger charge is 2.10. The second-order valence-electron chi connectivity index (χ2n) is 3.33. The second-order valence-corrected chi connectivity index (χ2v) is 3.33. The summed E-state index contributed by atoms with van der Waals surface area (Å²) >= 11 is 0. The Balaban J connectivity index is 2.67. The van der Waals surface area contributed by atoms with Crippen molar-refractivity contribution in [3.05, 3.63) is 59.7 Å². The molecule has 2 rings (SSSR count). The molecule has 0 amide bonds. The Morgan fingerprint density at radius 2 is 1.69 bits per heavy atom. The van der Waals surface area contributed by atoms with Crippen LogP contribution in [0.5, 0.6) is 0 Å². The van der Waals surface area contributed by atoms with Crippen LogP contribution in [0.3, 0.4) is 0 Å². The smallest absolute Gasteiger partial charge is 0.146 e. The van der Waals surface area contributed by atoms with Crippen molar-refractivity contribution in [3.63, 3.8) is 0 Å². The van der Waals surface area contributed by atoms with Gasteiger partial charge < -0.3 is 0 Å². The second kappa shape index (κ2) is 4.16. The molecule has 0 spiro atoms. The van der Waals surface area contributed by atoms with Gasteiger partial charge in [-0.05, 0) is 17.7 Å². The fourth-order valence-electron chi connectivity index (χ4n) is 1.52. The minimum Gasteiger partial charge on any atom is -0.207 e. The molecule has 78 valence electrons. The van der Waals surface area contributed by atoms with Crippen LogP contribution in [-0.4, -0.2) is 0 Å². The lowest BCUT2D eigenvalue weighted by atomic mass is 10.0. The average Bonchev–Trinajstić information content (AvgIpc) is 2.33. The van der Waals surface area contributed by atoms with E-state index < -0.39 is 11.6 Å². The first-order valence-corrected chi connectivity index (χ1v) is 4.73. The van der Waals surface area contributed by atoms with Gasteiger partial charge in [-0.3, -0.25) is 0 Å². The molecule has 2 aromatic rings. The zero-order chi connectivity index (χ0) is 11.5. The van der Waals surface area contributed by atoms with Crippen LogP contribution >= 0.6 is 0 Å². The maximum absolute atomic E-state index is 13.8. The Bertz CT molecular complexity index is 551. The molecule has 0 N–H and O–H groups in total. The Hall–Kier alpha value is -2.14. The minimum atomic E-state index is -0.560. The van der Waals surface area contributed by atoms with E-state index in [4.69, 9.17) is 6.42 Å². The third-order valence-corrected chi connectivity index (χ3v) is 2.28. The van der Waals surface area contributed by atoms with E-state index in [9.17, 15) is 8.78 Å². The largest absolute Gasteiger partial charge is 0.207 e. The molecule has 0 bridgehead atoms. The van der Waals surface area contributed by atoms with Crippen molar-refractivity contribution in [2.24, 2.45) is 0 Å². The SMILES string of the molecule is C#Cc1cc(F)cc(-c2ccccc2)c1F. The quantitative estimate of drug-likeness (QED) is 0.636. The van der Waals surface area contributed by atoms with Gasteiger partial charge in [0, 0.05) is 5.56 Å². The number of benzene rings is 2. The summed E-state index contributed by atoms with van der Waals surface area (Å²) in [6.45, 7) is 0. The van der Waals surface area contributed by atoms with Gasteiger partial charge in [-0.15, -0.1) is 6.42 Å². The third kappa shape index (κ3) is 1.80. The lowest BCUT2D eigenvalue weighted by molar-refractivity contribution is 0.600. The summed E-state index contributed by atoms with van der Waals surface area (Å²) in [5, 5.41) is 0. The highest BCUT2D eigenvalue weighted by Crippen LogP contribution is 2.25. The molecule has 0 unspecified atom stereocenters. The summed E-state index contributed by atoms with van der Waals surface area (Å²) in [5.74, 6) is 1.04. The first kappa shape index (κ1) is 10.4. The molecule has 0 radical (unpaired) electrons. The Morgan fingerprint density at radius 3 is 2.31 bits per heavy atom. The van der Waals surface area contributed by atoms with Crippen molar-refractivity contribution in [2.75, 3.05) is 0 Å². The van der Waals surface area contributed by atoms with Crippen molar-refractivity contribution in [1.29, 1.82) is 0 Å².